The number of rotatable bonds is 2. The molecule has 0 bridgehead atoms. The second-order valence-electron chi connectivity index (χ2n) is 3.83. The highest BCUT2D eigenvalue weighted by Gasteiger charge is 2.28. The quantitative estimate of drug-likeness (QED) is 0.782. The lowest BCUT2D eigenvalue weighted by atomic mass is 10.1. The van der Waals surface area contributed by atoms with Crippen LogP contribution in [-0.2, 0) is 4.79 Å². The second kappa shape index (κ2) is 4.77. The van der Waals surface area contributed by atoms with Crippen LogP contribution in [0.25, 0.3) is 0 Å². The van der Waals surface area contributed by atoms with Gasteiger partial charge in [0.25, 0.3) is 0 Å². The first kappa shape index (κ1) is 11.9. The highest BCUT2D eigenvalue weighted by molar-refractivity contribution is 5.96. The van der Waals surface area contributed by atoms with Gasteiger partial charge in [-0.1, -0.05) is 0 Å². The third kappa shape index (κ3) is 2.27. The van der Waals surface area contributed by atoms with Crippen LogP contribution in [0.4, 0.5) is 14.5 Å². The molecule has 1 aromatic carbocycles. The Hall–Kier alpha value is -1.53. The van der Waals surface area contributed by atoms with Crippen LogP contribution in [-0.4, -0.2) is 36.8 Å². The second-order valence-corrected chi connectivity index (χ2v) is 3.83. The summed E-state index contributed by atoms with van der Waals surface area (Å²) in [6, 6.07) is 2.79. The maximum Gasteiger partial charge on any atom is 0.241 e. The molecule has 1 saturated heterocycles. The number of hydrogen-bond donors (Lipinski definition) is 2. The average molecular weight is 242 g/mol. The van der Waals surface area contributed by atoms with E-state index in [9.17, 15) is 13.6 Å². The van der Waals surface area contributed by atoms with Crippen molar-refractivity contribution >= 4 is 11.6 Å². The molecule has 0 spiro atoms. The molecule has 6 heteroatoms. The molecule has 0 radical (unpaired) electrons. The molecular weight excluding hydrogens is 230 g/mol. The summed E-state index contributed by atoms with van der Waals surface area (Å²) >= 11 is 0. The Labute approximate surface area is 96.8 Å². The minimum absolute atomic E-state index is 0.121. The zero-order valence-electron chi connectivity index (χ0n) is 8.99. The van der Waals surface area contributed by atoms with E-state index in [1.54, 1.807) is 0 Å². The number of anilines is 1. The van der Waals surface area contributed by atoms with Crippen molar-refractivity contribution in [3.8, 4) is 0 Å². The highest BCUT2D eigenvalue weighted by Crippen LogP contribution is 2.21. The number of aliphatic hydroxyl groups excluding tert-OH is 1. The number of nitrogens with zero attached hydrogens (tertiary/aromatic N) is 1. The minimum Gasteiger partial charge on any atom is -0.394 e. The van der Waals surface area contributed by atoms with Gasteiger partial charge in [0.05, 0.1) is 19.2 Å². The summed E-state index contributed by atoms with van der Waals surface area (Å²) in [5, 5.41) is 12.0. The predicted octanol–water partition coefficient (Wildman–Crippen LogP) is 0.262. The first-order chi connectivity index (χ1) is 8.13. The lowest BCUT2D eigenvalue weighted by molar-refractivity contribution is -0.119. The minimum atomic E-state index is -1.01. The van der Waals surface area contributed by atoms with Crippen LogP contribution in [0.3, 0.4) is 0 Å². The Bertz CT molecular complexity index is 439. The molecule has 2 N–H and O–H groups in total. The molecule has 1 atom stereocenters. The van der Waals surface area contributed by atoms with E-state index in [0.29, 0.717) is 6.54 Å². The van der Waals surface area contributed by atoms with E-state index in [4.69, 9.17) is 5.11 Å². The number of aliphatic hydroxyl groups is 1. The van der Waals surface area contributed by atoms with Gasteiger partial charge in [0.1, 0.15) is 0 Å². The number of carbonyl (C=O) groups is 1. The fourth-order valence-corrected chi connectivity index (χ4v) is 1.86. The molecule has 0 aromatic heterocycles. The average Bonchev–Trinajstić information content (AvgIpc) is 2.32. The number of nitrogens with one attached hydrogen (secondary N) is 1. The van der Waals surface area contributed by atoms with Crippen LogP contribution < -0.4 is 10.2 Å². The van der Waals surface area contributed by atoms with Gasteiger partial charge in [-0.3, -0.25) is 4.79 Å². The first-order valence-electron chi connectivity index (χ1n) is 5.22. The maximum atomic E-state index is 13.1. The van der Waals surface area contributed by atoms with E-state index >= 15 is 0 Å². The fraction of sp³-hybridized carbons (Fsp3) is 0.364. The molecule has 1 aliphatic rings. The van der Waals surface area contributed by atoms with Crippen molar-refractivity contribution in [2.45, 2.75) is 6.04 Å². The zero-order chi connectivity index (χ0) is 12.4. The SMILES string of the molecule is O=C1CNC[C@@H](CO)N1c1ccc(F)c(F)c1. The number of benzene rings is 1. The normalized spacial score (nSPS) is 20.8. The van der Waals surface area contributed by atoms with E-state index in [-0.39, 0.29) is 24.7 Å². The maximum absolute atomic E-state index is 13.1. The van der Waals surface area contributed by atoms with Gasteiger partial charge in [-0.15, -0.1) is 0 Å². The Morgan fingerprint density at radius 2 is 2.18 bits per heavy atom. The Morgan fingerprint density at radius 1 is 1.41 bits per heavy atom. The fourth-order valence-electron chi connectivity index (χ4n) is 1.86. The summed E-state index contributed by atoms with van der Waals surface area (Å²) in [6.45, 7) is 0.300. The summed E-state index contributed by atoms with van der Waals surface area (Å²) in [5.41, 5.74) is 0.259. The smallest absolute Gasteiger partial charge is 0.241 e. The summed E-state index contributed by atoms with van der Waals surface area (Å²) in [7, 11) is 0. The molecule has 1 aromatic rings. The van der Waals surface area contributed by atoms with Crippen LogP contribution in [0.1, 0.15) is 0 Å². The van der Waals surface area contributed by atoms with Crippen molar-refractivity contribution in [1.29, 1.82) is 0 Å². The van der Waals surface area contributed by atoms with Gasteiger partial charge in [0.2, 0.25) is 5.91 Å². The molecule has 1 aliphatic heterocycles. The Morgan fingerprint density at radius 3 is 2.82 bits per heavy atom. The third-order valence-corrected chi connectivity index (χ3v) is 2.68. The van der Waals surface area contributed by atoms with Crippen LogP contribution >= 0.6 is 0 Å². The molecule has 0 aliphatic carbocycles. The number of hydrogen-bond acceptors (Lipinski definition) is 3. The van der Waals surface area contributed by atoms with Gasteiger partial charge in [-0.05, 0) is 12.1 Å². The molecule has 1 amide bonds. The van der Waals surface area contributed by atoms with Crippen molar-refractivity contribution in [3.63, 3.8) is 0 Å². The van der Waals surface area contributed by atoms with Crippen molar-refractivity contribution in [2.75, 3.05) is 24.6 Å². The molecule has 1 fully saturated rings. The highest BCUT2D eigenvalue weighted by atomic mass is 19.2. The van der Waals surface area contributed by atoms with Gasteiger partial charge >= 0.3 is 0 Å². The van der Waals surface area contributed by atoms with Gasteiger partial charge < -0.3 is 15.3 Å². The van der Waals surface area contributed by atoms with Crippen molar-refractivity contribution in [3.05, 3.63) is 29.8 Å². The van der Waals surface area contributed by atoms with Crippen molar-refractivity contribution in [1.82, 2.24) is 5.32 Å². The van der Waals surface area contributed by atoms with Gasteiger partial charge in [-0.25, -0.2) is 8.78 Å². The standard InChI is InChI=1S/C11H12F2N2O2/c12-9-2-1-7(3-10(9)13)15-8(6-16)4-14-5-11(15)17/h1-3,8,14,16H,4-6H2/t8-/m0/s1. The largest absolute Gasteiger partial charge is 0.394 e. The molecule has 2 rings (SSSR count). The number of halogens is 2. The van der Waals surface area contributed by atoms with Crippen molar-refractivity contribution in [2.24, 2.45) is 0 Å². The molecule has 4 nitrogen and oxygen atoms in total. The molecule has 0 unspecified atom stereocenters. The topological polar surface area (TPSA) is 52.6 Å². The summed E-state index contributed by atoms with van der Waals surface area (Å²) in [4.78, 5) is 13.0. The van der Waals surface area contributed by atoms with Gasteiger partial charge in [-0.2, -0.15) is 0 Å². The summed E-state index contributed by atoms with van der Waals surface area (Å²) in [6.07, 6.45) is 0. The zero-order valence-corrected chi connectivity index (χ0v) is 8.99. The number of piperazine rings is 1. The van der Waals surface area contributed by atoms with Gasteiger partial charge in [0.15, 0.2) is 11.6 Å². The lowest BCUT2D eigenvalue weighted by Crippen LogP contribution is -2.56. The Kier molecular flexibility index (Phi) is 3.35. The lowest BCUT2D eigenvalue weighted by Gasteiger charge is -2.35. The summed E-state index contributed by atoms with van der Waals surface area (Å²) in [5.74, 6) is -2.25. The molecule has 17 heavy (non-hydrogen) atoms. The predicted molar refractivity (Wildman–Crippen MR) is 57.6 cm³/mol. The first-order valence-corrected chi connectivity index (χ1v) is 5.22. The number of amides is 1. The van der Waals surface area contributed by atoms with Crippen LogP contribution in [0.5, 0.6) is 0 Å². The van der Waals surface area contributed by atoms with Crippen LogP contribution in [0.2, 0.25) is 0 Å². The molecular formula is C11H12F2N2O2. The van der Waals surface area contributed by atoms with Gasteiger partial charge in [0, 0.05) is 18.3 Å². The monoisotopic (exact) mass is 242 g/mol. The Balaban J connectivity index is 2.34. The number of carbonyl (C=O) groups excluding carboxylic acids is 1. The van der Waals surface area contributed by atoms with Crippen molar-refractivity contribution < 1.29 is 18.7 Å². The molecule has 92 valence electrons. The van der Waals surface area contributed by atoms with E-state index in [1.165, 1.54) is 11.0 Å². The molecule has 1 heterocycles. The van der Waals surface area contributed by atoms with Crippen LogP contribution in [0.15, 0.2) is 18.2 Å². The van der Waals surface area contributed by atoms with Crippen LogP contribution in [0, 0.1) is 11.6 Å². The van der Waals surface area contributed by atoms with E-state index in [1.807, 2.05) is 0 Å². The van der Waals surface area contributed by atoms with E-state index < -0.39 is 17.7 Å². The van der Waals surface area contributed by atoms with E-state index in [0.717, 1.165) is 12.1 Å². The van der Waals surface area contributed by atoms with E-state index in [2.05, 4.69) is 5.32 Å². The molecule has 0 saturated carbocycles. The summed E-state index contributed by atoms with van der Waals surface area (Å²) < 4.78 is 25.9. The third-order valence-electron chi connectivity index (χ3n) is 2.68.